The van der Waals surface area contributed by atoms with Crippen molar-refractivity contribution >= 4 is 5.91 Å². The highest BCUT2D eigenvalue weighted by molar-refractivity contribution is 5.81. The Bertz CT molecular complexity index is 470. The molecule has 0 bridgehead atoms. The molecule has 1 saturated heterocycles. The molecule has 2 aliphatic heterocycles. The van der Waals surface area contributed by atoms with Crippen molar-refractivity contribution in [3.8, 4) is 0 Å². The summed E-state index contributed by atoms with van der Waals surface area (Å²) in [5.41, 5.74) is 3.83. The van der Waals surface area contributed by atoms with E-state index in [1.165, 1.54) is 11.1 Å². The second-order valence-electron chi connectivity index (χ2n) is 4.99. The number of amides is 1. The lowest BCUT2D eigenvalue weighted by Crippen LogP contribution is -2.47. The smallest absolute Gasteiger partial charge is 0.250 e. The number of rotatable bonds is 3. The predicted molar refractivity (Wildman–Crippen MR) is 71.4 cm³/mol. The summed E-state index contributed by atoms with van der Waals surface area (Å²) in [6.07, 6.45) is -0.357. The Morgan fingerprint density at radius 3 is 3.05 bits per heavy atom. The van der Waals surface area contributed by atoms with E-state index >= 15 is 0 Å². The number of fused-ring (bicyclic) bond motifs is 1. The molecule has 0 aliphatic carbocycles. The first-order chi connectivity index (χ1) is 9.33. The van der Waals surface area contributed by atoms with E-state index in [2.05, 4.69) is 34.1 Å². The van der Waals surface area contributed by atoms with Crippen molar-refractivity contribution < 1.29 is 9.53 Å². The molecule has 5 nitrogen and oxygen atoms in total. The Hall–Kier alpha value is -1.43. The van der Waals surface area contributed by atoms with E-state index < -0.39 is 0 Å². The molecule has 1 amide bonds. The number of benzene rings is 1. The molecule has 0 aromatic heterocycles. The first-order valence-electron chi connectivity index (χ1n) is 6.74. The average Bonchev–Trinajstić information content (AvgIpc) is 2.93. The van der Waals surface area contributed by atoms with Crippen LogP contribution in [-0.2, 0) is 29.2 Å². The van der Waals surface area contributed by atoms with Gasteiger partial charge in [-0.1, -0.05) is 18.2 Å². The zero-order valence-corrected chi connectivity index (χ0v) is 10.9. The molecular formula is C14H19N3O2. The molecule has 102 valence electrons. The minimum absolute atomic E-state index is 0.0363. The summed E-state index contributed by atoms with van der Waals surface area (Å²) >= 11 is 0. The second kappa shape index (κ2) is 5.69. The van der Waals surface area contributed by atoms with Crippen molar-refractivity contribution in [3.05, 3.63) is 34.9 Å². The molecule has 0 radical (unpaired) electrons. The molecular weight excluding hydrogens is 242 g/mol. The number of hydrogen-bond acceptors (Lipinski definition) is 4. The van der Waals surface area contributed by atoms with Crippen LogP contribution in [0.15, 0.2) is 18.2 Å². The quantitative estimate of drug-likeness (QED) is 0.711. The van der Waals surface area contributed by atoms with Crippen LogP contribution in [0, 0.1) is 0 Å². The van der Waals surface area contributed by atoms with E-state index in [9.17, 15) is 4.79 Å². The van der Waals surface area contributed by atoms with Gasteiger partial charge in [0.25, 0.3) is 5.91 Å². The summed E-state index contributed by atoms with van der Waals surface area (Å²) in [6.45, 7) is 4.45. The molecule has 1 aromatic rings. The van der Waals surface area contributed by atoms with Crippen molar-refractivity contribution in [2.24, 2.45) is 0 Å². The van der Waals surface area contributed by atoms with Gasteiger partial charge in [0, 0.05) is 32.7 Å². The van der Waals surface area contributed by atoms with E-state index in [4.69, 9.17) is 4.74 Å². The largest absolute Gasteiger partial charge is 0.366 e. The standard InChI is InChI=1S/C14H19N3O2/c18-14(13-9-15-3-4-19-13)17-6-10-1-2-11-7-16-8-12(11)5-10/h1-2,5,13,15-16H,3-4,6-9H2,(H,17,18)/t13-/m1/s1. The van der Waals surface area contributed by atoms with Crippen LogP contribution >= 0.6 is 0 Å². The Morgan fingerprint density at radius 2 is 2.21 bits per heavy atom. The Morgan fingerprint density at radius 1 is 1.32 bits per heavy atom. The zero-order valence-electron chi connectivity index (χ0n) is 10.9. The van der Waals surface area contributed by atoms with Crippen molar-refractivity contribution in [3.63, 3.8) is 0 Å². The highest BCUT2D eigenvalue weighted by Crippen LogP contribution is 2.16. The van der Waals surface area contributed by atoms with Gasteiger partial charge in [0.1, 0.15) is 6.10 Å². The van der Waals surface area contributed by atoms with Crippen molar-refractivity contribution in [2.75, 3.05) is 19.7 Å². The monoisotopic (exact) mass is 261 g/mol. The minimum atomic E-state index is -0.357. The Balaban J connectivity index is 1.55. The molecule has 19 heavy (non-hydrogen) atoms. The molecule has 0 spiro atoms. The molecule has 0 saturated carbocycles. The van der Waals surface area contributed by atoms with Gasteiger partial charge in [-0.15, -0.1) is 0 Å². The topological polar surface area (TPSA) is 62.4 Å². The van der Waals surface area contributed by atoms with Crippen LogP contribution in [0.25, 0.3) is 0 Å². The fourth-order valence-electron chi connectivity index (χ4n) is 2.49. The van der Waals surface area contributed by atoms with E-state index in [1.807, 2.05) is 0 Å². The molecule has 0 unspecified atom stereocenters. The summed E-state index contributed by atoms with van der Waals surface area (Å²) in [7, 11) is 0. The summed E-state index contributed by atoms with van der Waals surface area (Å²) < 4.78 is 5.42. The van der Waals surface area contributed by atoms with Gasteiger partial charge in [0.2, 0.25) is 0 Å². The van der Waals surface area contributed by atoms with Crippen LogP contribution in [-0.4, -0.2) is 31.7 Å². The number of carbonyl (C=O) groups excluding carboxylic acids is 1. The minimum Gasteiger partial charge on any atom is -0.366 e. The van der Waals surface area contributed by atoms with Crippen LogP contribution in [0.2, 0.25) is 0 Å². The maximum absolute atomic E-state index is 11.9. The lowest BCUT2D eigenvalue weighted by atomic mass is 10.1. The van der Waals surface area contributed by atoms with Crippen LogP contribution in [0.3, 0.4) is 0 Å². The third-order valence-electron chi connectivity index (χ3n) is 3.59. The third kappa shape index (κ3) is 2.94. The zero-order chi connectivity index (χ0) is 13.1. The molecule has 1 aromatic carbocycles. The van der Waals surface area contributed by atoms with Crippen molar-refractivity contribution in [1.82, 2.24) is 16.0 Å². The first kappa shape index (κ1) is 12.6. The van der Waals surface area contributed by atoms with Gasteiger partial charge in [0.05, 0.1) is 6.61 Å². The average molecular weight is 261 g/mol. The molecule has 1 fully saturated rings. The normalized spacial score (nSPS) is 22.0. The second-order valence-corrected chi connectivity index (χ2v) is 4.99. The highest BCUT2D eigenvalue weighted by Gasteiger charge is 2.21. The van der Waals surface area contributed by atoms with Gasteiger partial charge >= 0.3 is 0 Å². The van der Waals surface area contributed by atoms with Gasteiger partial charge in [-0.25, -0.2) is 0 Å². The van der Waals surface area contributed by atoms with Gasteiger partial charge < -0.3 is 20.7 Å². The molecule has 2 heterocycles. The summed E-state index contributed by atoms with van der Waals surface area (Å²) in [6, 6.07) is 6.37. The summed E-state index contributed by atoms with van der Waals surface area (Å²) in [5, 5.41) is 9.41. The van der Waals surface area contributed by atoms with Gasteiger partial charge in [-0.3, -0.25) is 4.79 Å². The predicted octanol–water partition coefficient (Wildman–Crippen LogP) is -0.106. The van der Waals surface area contributed by atoms with Crippen molar-refractivity contribution in [1.29, 1.82) is 0 Å². The van der Waals surface area contributed by atoms with E-state index in [0.29, 0.717) is 19.7 Å². The van der Waals surface area contributed by atoms with Crippen LogP contribution in [0.1, 0.15) is 16.7 Å². The van der Waals surface area contributed by atoms with Crippen molar-refractivity contribution in [2.45, 2.75) is 25.7 Å². The van der Waals surface area contributed by atoms with Gasteiger partial charge in [0.15, 0.2) is 0 Å². The van der Waals surface area contributed by atoms with Gasteiger partial charge in [-0.2, -0.15) is 0 Å². The number of hydrogen-bond donors (Lipinski definition) is 3. The van der Waals surface area contributed by atoms with Crippen LogP contribution in [0.4, 0.5) is 0 Å². The van der Waals surface area contributed by atoms with Gasteiger partial charge in [-0.05, 0) is 16.7 Å². The lowest BCUT2D eigenvalue weighted by molar-refractivity contribution is -0.134. The number of carbonyl (C=O) groups is 1. The molecule has 3 N–H and O–H groups in total. The van der Waals surface area contributed by atoms with Crippen LogP contribution < -0.4 is 16.0 Å². The highest BCUT2D eigenvalue weighted by atomic mass is 16.5. The SMILES string of the molecule is O=C(NCc1ccc2c(c1)CNC2)[C@H]1CNCCO1. The fraction of sp³-hybridized carbons (Fsp3) is 0.500. The molecule has 5 heteroatoms. The molecule has 3 rings (SSSR count). The lowest BCUT2D eigenvalue weighted by Gasteiger charge is -2.22. The van der Waals surface area contributed by atoms with E-state index in [0.717, 1.165) is 25.2 Å². The first-order valence-corrected chi connectivity index (χ1v) is 6.74. The van der Waals surface area contributed by atoms with Crippen LogP contribution in [0.5, 0.6) is 0 Å². The molecule has 1 atom stereocenters. The summed E-state index contributed by atoms with van der Waals surface area (Å²) in [5.74, 6) is -0.0363. The third-order valence-corrected chi connectivity index (χ3v) is 3.59. The molecule has 2 aliphatic rings. The number of morpholine rings is 1. The van der Waals surface area contributed by atoms with E-state index in [-0.39, 0.29) is 12.0 Å². The number of ether oxygens (including phenoxy) is 1. The maximum Gasteiger partial charge on any atom is 0.250 e. The summed E-state index contributed by atoms with van der Waals surface area (Å²) in [4.78, 5) is 11.9. The Kier molecular flexibility index (Phi) is 3.77. The Labute approximate surface area is 112 Å². The fourth-order valence-corrected chi connectivity index (χ4v) is 2.49. The number of nitrogens with one attached hydrogen (secondary N) is 3. The van der Waals surface area contributed by atoms with E-state index in [1.54, 1.807) is 0 Å². The maximum atomic E-state index is 11.9.